The number of benzene rings is 2. The predicted octanol–water partition coefficient (Wildman–Crippen LogP) is 3.24. The number of carboxylic acids is 1. The first-order chi connectivity index (χ1) is 13.3. The minimum atomic E-state index is -1.32. The van der Waals surface area contributed by atoms with E-state index in [9.17, 15) is 29.6 Å². The number of amides is 2. The SMILES string of the molecule is O=C(O)c1cc(C=C2SC(=O)N(Cc3ccc([N+](=O)[O-])cc3)C2=O)ccc1O. The number of aromatic carboxylic acids is 1. The van der Waals surface area contributed by atoms with Crippen LogP contribution in [0.5, 0.6) is 5.75 Å². The molecule has 2 aromatic rings. The van der Waals surface area contributed by atoms with Crippen LogP contribution >= 0.6 is 11.8 Å². The number of rotatable bonds is 5. The number of nitro groups is 1. The molecule has 1 heterocycles. The van der Waals surface area contributed by atoms with Gasteiger partial charge in [0.1, 0.15) is 11.3 Å². The van der Waals surface area contributed by atoms with Crippen molar-refractivity contribution in [1.82, 2.24) is 4.90 Å². The van der Waals surface area contributed by atoms with Crippen molar-refractivity contribution in [3.8, 4) is 5.75 Å². The Morgan fingerprint density at radius 2 is 1.86 bits per heavy atom. The Morgan fingerprint density at radius 3 is 2.46 bits per heavy atom. The van der Waals surface area contributed by atoms with Gasteiger partial charge in [0.15, 0.2) is 0 Å². The van der Waals surface area contributed by atoms with E-state index in [0.29, 0.717) is 22.9 Å². The maximum absolute atomic E-state index is 12.5. The lowest BCUT2D eigenvalue weighted by molar-refractivity contribution is -0.384. The molecule has 2 N–H and O–H groups in total. The molecule has 0 atom stereocenters. The number of carboxylic acid groups (broad SMARTS) is 1. The highest BCUT2D eigenvalue weighted by atomic mass is 32.2. The molecule has 1 saturated heterocycles. The third kappa shape index (κ3) is 3.86. The van der Waals surface area contributed by atoms with Gasteiger partial charge in [-0.3, -0.25) is 24.6 Å². The molecule has 0 radical (unpaired) electrons. The molecule has 9 nitrogen and oxygen atoms in total. The fourth-order valence-corrected chi connectivity index (χ4v) is 3.35. The topological polar surface area (TPSA) is 138 Å². The van der Waals surface area contributed by atoms with Gasteiger partial charge in [-0.1, -0.05) is 18.2 Å². The lowest BCUT2D eigenvalue weighted by Gasteiger charge is -2.12. The van der Waals surface area contributed by atoms with Crippen LogP contribution in [-0.4, -0.2) is 37.2 Å². The van der Waals surface area contributed by atoms with Gasteiger partial charge in [-0.05, 0) is 41.1 Å². The van der Waals surface area contributed by atoms with Crippen molar-refractivity contribution in [2.24, 2.45) is 0 Å². The van der Waals surface area contributed by atoms with Crippen molar-refractivity contribution < 1.29 is 29.5 Å². The molecule has 1 aliphatic heterocycles. The minimum absolute atomic E-state index is 0.0457. The summed E-state index contributed by atoms with van der Waals surface area (Å²) in [6, 6.07) is 9.31. The van der Waals surface area contributed by atoms with Crippen molar-refractivity contribution >= 4 is 40.6 Å². The number of non-ortho nitro benzene ring substituents is 1. The molecule has 28 heavy (non-hydrogen) atoms. The molecule has 0 unspecified atom stereocenters. The Kier molecular flexibility index (Phi) is 5.14. The van der Waals surface area contributed by atoms with Crippen LogP contribution in [0.4, 0.5) is 10.5 Å². The summed E-state index contributed by atoms with van der Waals surface area (Å²) >= 11 is 0.703. The van der Waals surface area contributed by atoms with E-state index in [1.807, 2.05) is 0 Å². The van der Waals surface area contributed by atoms with Crippen molar-refractivity contribution in [3.05, 3.63) is 74.2 Å². The molecular weight excluding hydrogens is 388 g/mol. The van der Waals surface area contributed by atoms with E-state index in [-0.39, 0.29) is 22.7 Å². The summed E-state index contributed by atoms with van der Waals surface area (Å²) in [5.41, 5.74) is 0.473. The molecule has 0 saturated carbocycles. The van der Waals surface area contributed by atoms with Crippen LogP contribution in [0.15, 0.2) is 47.4 Å². The highest BCUT2D eigenvalue weighted by Gasteiger charge is 2.35. The van der Waals surface area contributed by atoms with Gasteiger partial charge in [-0.25, -0.2) is 4.79 Å². The number of imide groups is 1. The number of thioether (sulfide) groups is 1. The van der Waals surface area contributed by atoms with Crippen molar-refractivity contribution in [3.63, 3.8) is 0 Å². The van der Waals surface area contributed by atoms with Gasteiger partial charge in [-0.15, -0.1) is 0 Å². The third-order valence-corrected chi connectivity index (χ3v) is 4.82. The van der Waals surface area contributed by atoms with Crippen molar-refractivity contribution in [2.45, 2.75) is 6.54 Å². The first kappa shape index (κ1) is 19.1. The molecule has 0 aliphatic carbocycles. The average molecular weight is 400 g/mol. The Balaban J connectivity index is 1.81. The Labute approximate surface area is 162 Å². The molecule has 3 rings (SSSR count). The van der Waals surface area contributed by atoms with Crippen LogP contribution in [-0.2, 0) is 11.3 Å². The minimum Gasteiger partial charge on any atom is -0.507 e. The van der Waals surface area contributed by atoms with Gasteiger partial charge in [0.05, 0.1) is 16.4 Å². The average Bonchev–Trinajstić information content (AvgIpc) is 2.91. The van der Waals surface area contributed by atoms with E-state index in [0.717, 1.165) is 4.90 Å². The van der Waals surface area contributed by atoms with Crippen molar-refractivity contribution in [2.75, 3.05) is 0 Å². The maximum atomic E-state index is 12.5. The third-order valence-electron chi connectivity index (χ3n) is 3.91. The Morgan fingerprint density at radius 1 is 1.18 bits per heavy atom. The molecule has 10 heteroatoms. The highest BCUT2D eigenvalue weighted by molar-refractivity contribution is 8.18. The molecule has 2 aromatic carbocycles. The molecule has 2 amide bonds. The molecule has 0 bridgehead atoms. The molecule has 0 aromatic heterocycles. The second-order valence-electron chi connectivity index (χ2n) is 5.77. The van der Waals surface area contributed by atoms with E-state index >= 15 is 0 Å². The second kappa shape index (κ2) is 7.53. The molecular formula is C18H12N2O7S. The Hall–Kier alpha value is -3.66. The molecule has 0 spiro atoms. The summed E-state index contributed by atoms with van der Waals surface area (Å²) in [5.74, 6) is -2.28. The predicted molar refractivity (Wildman–Crippen MR) is 99.7 cm³/mol. The quantitative estimate of drug-likeness (QED) is 0.443. The fourth-order valence-electron chi connectivity index (χ4n) is 2.51. The lowest BCUT2D eigenvalue weighted by atomic mass is 10.1. The van der Waals surface area contributed by atoms with Crippen LogP contribution in [0, 0.1) is 10.1 Å². The van der Waals surface area contributed by atoms with E-state index in [4.69, 9.17) is 5.11 Å². The number of carbonyl (C=O) groups excluding carboxylic acids is 2. The number of carbonyl (C=O) groups is 3. The second-order valence-corrected chi connectivity index (χ2v) is 6.77. The van der Waals surface area contributed by atoms with Crippen LogP contribution in [0.1, 0.15) is 21.5 Å². The fraction of sp³-hybridized carbons (Fsp3) is 0.0556. The zero-order valence-electron chi connectivity index (χ0n) is 14.1. The van der Waals surface area contributed by atoms with E-state index < -0.39 is 27.8 Å². The maximum Gasteiger partial charge on any atom is 0.339 e. The summed E-state index contributed by atoms with van der Waals surface area (Å²) < 4.78 is 0. The summed E-state index contributed by atoms with van der Waals surface area (Å²) in [7, 11) is 0. The normalized spacial score (nSPS) is 15.3. The summed E-state index contributed by atoms with van der Waals surface area (Å²) in [6.07, 6.45) is 1.37. The molecule has 142 valence electrons. The van der Waals surface area contributed by atoms with Crippen LogP contribution in [0.3, 0.4) is 0 Å². The highest BCUT2D eigenvalue weighted by Crippen LogP contribution is 2.34. The number of phenols is 1. The molecule has 1 aliphatic rings. The van der Waals surface area contributed by atoms with Gasteiger partial charge >= 0.3 is 5.97 Å². The Bertz CT molecular complexity index is 1030. The smallest absolute Gasteiger partial charge is 0.339 e. The lowest BCUT2D eigenvalue weighted by Crippen LogP contribution is -2.27. The van der Waals surface area contributed by atoms with Crippen LogP contribution in [0.2, 0.25) is 0 Å². The standard InChI is InChI=1S/C18H12N2O7S/c21-14-6-3-11(7-13(14)17(23)24)8-15-16(22)19(18(25)28-15)9-10-1-4-12(5-2-10)20(26)27/h1-8,21H,9H2,(H,23,24). The number of nitro benzene ring substituents is 1. The molecule has 1 fully saturated rings. The van der Waals surface area contributed by atoms with Gasteiger partial charge < -0.3 is 10.2 Å². The first-order valence-corrected chi connectivity index (χ1v) is 8.63. The van der Waals surface area contributed by atoms with Gasteiger partial charge in [0.2, 0.25) is 0 Å². The summed E-state index contributed by atoms with van der Waals surface area (Å²) in [5, 5.41) is 28.8. The largest absolute Gasteiger partial charge is 0.507 e. The zero-order valence-corrected chi connectivity index (χ0v) is 14.9. The monoisotopic (exact) mass is 400 g/mol. The number of nitrogens with zero attached hydrogens (tertiary/aromatic N) is 2. The van der Waals surface area contributed by atoms with Gasteiger partial charge in [0, 0.05) is 12.1 Å². The van der Waals surface area contributed by atoms with Crippen molar-refractivity contribution in [1.29, 1.82) is 0 Å². The summed E-state index contributed by atoms with van der Waals surface area (Å²) in [4.78, 5) is 47.0. The van der Waals surface area contributed by atoms with Crippen LogP contribution in [0.25, 0.3) is 6.08 Å². The number of aromatic hydroxyl groups is 1. The summed E-state index contributed by atoms with van der Waals surface area (Å²) in [6.45, 7) is -0.0457. The zero-order chi connectivity index (χ0) is 20.4. The number of hydrogen-bond acceptors (Lipinski definition) is 7. The first-order valence-electron chi connectivity index (χ1n) is 7.81. The van der Waals surface area contributed by atoms with E-state index in [1.165, 1.54) is 48.5 Å². The van der Waals surface area contributed by atoms with Gasteiger partial charge in [-0.2, -0.15) is 0 Å². The van der Waals surface area contributed by atoms with Gasteiger partial charge in [0.25, 0.3) is 16.8 Å². The van der Waals surface area contributed by atoms with Crippen LogP contribution < -0.4 is 0 Å². The van der Waals surface area contributed by atoms with E-state index in [1.54, 1.807) is 0 Å². The number of hydrogen-bond donors (Lipinski definition) is 2. The van der Waals surface area contributed by atoms with E-state index in [2.05, 4.69) is 0 Å².